The number of fused-ring (bicyclic) bond motifs is 1. The minimum absolute atomic E-state index is 0.0673. The maximum absolute atomic E-state index is 12.5. The number of nitrogens with one attached hydrogen (secondary N) is 1. The molecular weight excluding hydrogens is 488 g/mol. The molecule has 1 aromatic carbocycles. The minimum Gasteiger partial charge on any atom is -0.506 e. The molecule has 12 nitrogen and oxygen atoms in total. The summed E-state index contributed by atoms with van der Waals surface area (Å²) in [6, 6.07) is 4.76. The number of aromatic hydroxyl groups is 1. The van der Waals surface area contributed by atoms with E-state index in [9.17, 15) is 18.6 Å². The molecule has 3 heterocycles. The van der Waals surface area contributed by atoms with E-state index >= 15 is 0 Å². The van der Waals surface area contributed by atoms with Crippen LogP contribution in [0.25, 0.3) is 22.7 Å². The second-order valence-corrected chi connectivity index (χ2v) is 9.95. The first-order valence-corrected chi connectivity index (χ1v) is 12.7. The third kappa shape index (κ3) is 4.56. The molecular formula is C23H22N6O6S. The summed E-state index contributed by atoms with van der Waals surface area (Å²) in [5, 5.41) is 20.7. The quantitative estimate of drug-likeness (QED) is 0.384. The molecule has 0 atom stereocenters. The molecule has 0 amide bonds. The van der Waals surface area contributed by atoms with Gasteiger partial charge >= 0.3 is 0 Å². The number of nitrogens with zero attached hydrogens (tertiary/aromatic N) is 5. The normalized spacial score (nSPS) is 16.0. The van der Waals surface area contributed by atoms with Crippen LogP contribution in [0.3, 0.4) is 0 Å². The second kappa shape index (κ2) is 8.81. The van der Waals surface area contributed by atoms with Crippen LogP contribution >= 0.6 is 0 Å². The van der Waals surface area contributed by atoms with Crippen molar-refractivity contribution < 1.29 is 28.1 Å². The molecule has 5 rings (SSSR count). The van der Waals surface area contributed by atoms with Crippen LogP contribution in [0.1, 0.15) is 25.6 Å². The molecule has 0 unspecified atom stereocenters. The van der Waals surface area contributed by atoms with Crippen LogP contribution < -0.4 is 9.46 Å². The van der Waals surface area contributed by atoms with Gasteiger partial charge in [-0.2, -0.15) is 0 Å². The maximum atomic E-state index is 12.5. The number of aromatic nitrogens is 4. The predicted molar refractivity (Wildman–Crippen MR) is 131 cm³/mol. The highest BCUT2D eigenvalue weighted by molar-refractivity contribution is 7.92. The Balaban J connectivity index is 1.67. The Hall–Kier alpha value is -4.15. The topological polar surface area (TPSA) is 161 Å². The van der Waals surface area contributed by atoms with Crippen molar-refractivity contribution in [2.45, 2.75) is 25.4 Å². The lowest BCUT2D eigenvalue weighted by atomic mass is 10.2. The summed E-state index contributed by atoms with van der Waals surface area (Å²) >= 11 is 0. The Morgan fingerprint density at radius 2 is 2.08 bits per heavy atom. The Kier molecular flexibility index (Phi) is 5.77. The third-order valence-electron chi connectivity index (χ3n) is 5.45. The number of aliphatic hydroxyl groups is 1. The van der Waals surface area contributed by atoms with Crippen molar-refractivity contribution in [1.29, 1.82) is 0 Å². The van der Waals surface area contributed by atoms with Gasteiger partial charge in [-0.25, -0.2) is 28.4 Å². The average Bonchev–Trinajstić information content (AvgIpc) is 3.43. The number of anilines is 1. The fraction of sp³-hybridized carbons (Fsp3) is 0.304. The molecule has 3 N–H and O–H groups in total. The van der Waals surface area contributed by atoms with Gasteiger partial charge in [0.05, 0.1) is 37.3 Å². The van der Waals surface area contributed by atoms with Crippen molar-refractivity contribution in [3.63, 3.8) is 0 Å². The summed E-state index contributed by atoms with van der Waals surface area (Å²) in [6.45, 7) is 2.20. The molecule has 1 aliphatic carbocycles. The first kappa shape index (κ1) is 23.6. The molecule has 2 aromatic heterocycles. The molecule has 1 saturated carbocycles. The van der Waals surface area contributed by atoms with Crippen molar-refractivity contribution >= 4 is 38.7 Å². The number of aliphatic imine (C=N–C) groups is 1. The summed E-state index contributed by atoms with van der Waals surface area (Å²) in [7, 11) is -2.42. The Bertz CT molecular complexity index is 1610. The fourth-order valence-electron chi connectivity index (χ4n) is 3.68. The van der Waals surface area contributed by atoms with Gasteiger partial charge in [0.25, 0.3) is 0 Å². The number of hydrogen-bond acceptors (Lipinski definition) is 10. The van der Waals surface area contributed by atoms with Crippen LogP contribution in [0, 0.1) is 0 Å². The average molecular weight is 511 g/mol. The molecule has 0 radical (unpaired) electrons. The number of methoxy groups -OCH3 is 1. The summed E-state index contributed by atoms with van der Waals surface area (Å²) in [4.78, 5) is 17.6. The third-order valence-corrected chi connectivity index (χ3v) is 6.89. The molecule has 0 saturated heterocycles. The highest BCUT2D eigenvalue weighted by atomic mass is 32.2. The molecule has 1 fully saturated rings. The van der Waals surface area contributed by atoms with Gasteiger partial charge in [-0.3, -0.25) is 9.29 Å². The van der Waals surface area contributed by atoms with Gasteiger partial charge in [0, 0.05) is 0 Å². The molecule has 186 valence electrons. The van der Waals surface area contributed by atoms with Crippen LogP contribution in [0.15, 0.2) is 46.9 Å². The van der Waals surface area contributed by atoms with Crippen molar-refractivity contribution in [3.8, 4) is 17.2 Å². The number of sulfonamides is 1. The zero-order valence-corrected chi connectivity index (χ0v) is 20.2. The molecule has 1 aliphatic heterocycles. The number of benzene rings is 1. The number of phenolic OH excluding ortho intramolecular Hbond substituents is 1. The van der Waals surface area contributed by atoms with Crippen molar-refractivity contribution in [3.05, 3.63) is 47.8 Å². The van der Waals surface area contributed by atoms with E-state index in [-0.39, 0.29) is 40.1 Å². The van der Waals surface area contributed by atoms with E-state index in [4.69, 9.17) is 9.47 Å². The Morgan fingerprint density at radius 3 is 2.81 bits per heavy atom. The van der Waals surface area contributed by atoms with Gasteiger partial charge in [0.1, 0.15) is 17.2 Å². The number of phenols is 1. The SMILES string of the molecule is CCOC1=NC(c2nc3nc(NS(=O)(=O)CC4(O)CC4)cnc3n2-c2c(O)cccc2OC)=C=C=C1. The Labute approximate surface area is 206 Å². The van der Waals surface area contributed by atoms with E-state index in [1.54, 1.807) is 12.1 Å². The highest BCUT2D eigenvalue weighted by Gasteiger charge is 2.44. The summed E-state index contributed by atoms with van der Waals surface area (Å²) < 4.78 is 39.7. The molecule has 13 heteroatoms. The van der Waals surface area contributed by atoms with Gasteiger partial charge < -0.3 is 19.7 Å². The van der Waals surface area contributed by atoms with Gasteiger partial charge in [-0.05, 0) is 37.6 Å². The van der Waals surface area contributed by atoms with E-state index in [1.807, 2.05) is 6.92 Å². The maximum Gasteiger partial charge on any atom is 0.236 e. The summed E-state index contributed by atoms with van der Waals surface area (Å²) in [5.41, 5.74) is 5.23. The first-order valence-electron chi connectivity index (χ1n) is 11.0. The van der Waals surface area contributed by atoms with E-state index in [1.165, 1.54) is 30.0 Å². The van der Waals surface area contributed by atoms with Gasteiger partial charge in [-0.15, -0.1) is 0 Å². The number of ether oxygens (including phenoxy) is 2. The van der Waals surface area contributed by atoms with Gasteiger partial charge in [0.2, 0.25) is 21.6 Å². The first-order chi connectivity index (χ1) is 17.2. The van der Waals surface area contributed by atoms with E-state index in [0.29, 0.717) is 31.1 Å². The van der Waals surface area contributed by atoms with E-state index < -0.39 is 21.4 Å². The van der Waals surface area contributed by atoms with Gasteiger partial charge in [0.15, 0.2) is 23.0 Å². The standard InChI is InChI=1S/C23H22N6O6S/c1-3-35-18-9-4-6-14(25-18)21-27-20-22(29(21)19-15(30)7-5-8-16(19)34-2)24-12-17(26-20)28-36(32,33)13-23(31)10-11-23/h5,7-9,12,30-31H,3,10-11,13H2,1-2H3,(H,26,28). The molecule has 0 bridgehead atoms. The van der Waals surface area contributed by atoms with Crippen LogP contribution in [0.5, 0.6) is 11.5 Å². The van der Waals surface area contributed by atoms with Crippen molar-refractivity contribution in [1.82, 2.24) is 19.5 Å². The predicted octanol–water partition coefficient (Wildman–Crippen LogP) is 1.90. The molecule has 3 aromatic rings. The van der Waals surface area contributed by atoms with Gasteiger partial charge in [-0.1, -0.05) is 11.8 Å². The van der Waals surface area contributed by atoms with Crippen LogP contribution in [0.2, 0.25) is 0 Å². The lowest BCUT2D eigenvalue weighted by Gasteiger charge is -2.14. The Morgan fingerprint density at radius 1 is 1.28 bits per heavy atom. The summed E-state index contributed by atoms with van der Waals surface area (Å²) in [5.74, 6) is 0.178. The lowest BCUT2D eigenvalue weighted by Crippen LogP contribution is -2.27. The number of hydrogen-bond donors (Lipinski definition) is 3. The zero-order valence-electron chi connectivity index (χ0n) is 19.4. The number of para-hydroxylation sites is 1. The van der Waals surface area contributed by atoms with Crippen molar-refractivity contribution in [2.75, 3.05) is 24.2 Å². The number of imidazole rings is 1. The van der Waals surface area contributed by atoms with Crippen molar-refractivity contribution in [2.24, 2.45) is 4.99 Å². The van der Waals surface area contributed by atoms with Crippen LogP contribution in [-0.4, -0.2) is 69.1 Å². The monoisotopic (exact) mass is 510 g/mol. The molecule has 2 aliphatic rings. The fourth-order valence-corrected chi connectivity index (χ4v) is 5.16. The van der Waals surface area contributed by atoms with E-state index in [2.05, 4.69) is 36.1 Å². The highest BCUT2D eigenvalue weighted by Crippen LogP contribution is 2.38. The smallest absolute Gasteiger partial charge is 0.236 e. The molecule has 36 heavy (non-hydrogen) atoms. The number of rotatable bonds is 8. The summed E-state index contributed by atoms with van der Waals surface area (Å²) in [6.07, 6.45) is 3.61. The minimum atomic E-state index is -3.87. The largest absolute Gasteiger partial charge is 0.506 e. The second-order valence-electron chi connectivity index (χ2n) is 8.23. The lowest BCUT2D eigenvalue weighted by molar-refractivity contribution is 0.175. The van der Waals surface area contributed by atoms with E-state index in [0.717, 1.165) is 0 Å². The zero-order chi connectivity index (χ0) is 25.5. The van der Waals surface area contributed by atoms with Crippen LogP contribution in [0.4, 0.5) is 5.82 Å². The van der Waals surface area contributed by atoms with Crippen LogP contribution in [-0.2, 0) is 14.8 Å². The molecule has 0 spiro atoms.